The van der Waals surface area contributed by atoms with Crippen LogP contribution in [0.1, 0.15) is 22.3 Å². The lowest BCUT2D eigenvalue weighted by Crippen LogP contribution is -2.32. The van der Waals surface area contributed by atoms with Crippen molar-refractivity contribution < 1.29 is 14.0 Å². The molecule has 0 unspecified atom stereocenters. The average molecular weight is 400 g/mol. The van der Waals surface area contributed by atoms with Gasteiger partial charge in [0.05, 0.1) is 11.3 Å². The van der Waals surface area contributed by atoms with Crippen molar-refractivity contribution in [2.45, 2.75) is 20.8 Å². The highest BCUT2D eigenvalue weighted by Gasteiger charge is 2.40. The third-order valence-electron chi connectivity index (χ3n) is 5.25. The molecular formula is C25H21FN2O2. The molecule has 0 saturated carbocycles. The van der Waals surface area contributed by atoms with Gasteiger partial charge in [-0.2, -0.15) is 0 Å². The van der Waals surface area contributed by atoms with E-state index in [4.69, 9.17) is 0 Å². The molecule has 1 heterocycles. The Balaban J connectivity index is 1.83. The summed E-state index contributed by atoms with van der Waals surface area (Å²) in [6, 6.07) is 18.6. The molecule has 150 valence electrons. The van der Waals surface area contributed by atoms with Crippen LogP contribution in [0.15, 0.2) is 72.4 Å². The van der Waals surface area contributed by atoms with E-state index < -0.39 is 17.6 Å². The molecule has 0 bridgehead atoms. The second-order valence-electron chi connectivity index (χ2n) is 7.47. The predicted octanol–water partition coefficient (Wildman–Crippen LogP) is 5.15. The molecule has 4 rings (SSSR count). The van der Waals surface area contributed by atoms with Crippen LogP contribution in [0.3, 0.4) is 0 Å². The molecule has 4 nitrogen and oxygen atoms in total. The first-order valence-electron chi connectivity index (χ1n) is 9.65. The van der Waals surface area contributed by atoms with E-state index in [-0.39, 0.29) is 11.3 Å². The van der Waals surface area contributed by atoms with Crippen molar-refractivity contribution in [2.75, 3.05) is 10.2 Å². The van der Waals surface area contributed by atoms with Crippen molar-refractivity contribution in [3.8, 4) is 0 Å². The van der Waals surface area contributed by atoms with E-state index in [0.29, 0.717) is 16.9 Å². The summed E-state index contributed by atoms with van der Waals surface area (Å²) < 4.78 is 13.5. The van der Waals surface area contributed by atoms with Gasteiger partial charge in [0, 0.05) is 5.69 Å². The zero-order valence-corrected chi connectivity index (χ0v) is 17.0. The molecule has 2 amide bonds. The number of hydrogen-bond donors (Lipinski definition) is 1. The minimum atomic E-state index is -0.442. The van der Waals surface area contributed by atoms with Crippen LogP contribution in [-0.4, -0.2) is 11.8 Å². The van der Waals surface area contributed by atoms with Crippen molar-refractivity contribution in [2.24, 2.45) is 0 Å². The summed E-state index contributed by atoms with van der Waals surface area (Å²) in [6.45, 7) is 5.89. The van der Waals surface area contributed by atoms with E-state index in [9.17, 15) is 14.0 Å². The first-order valence-corrected chi connectivity index (χ1v) is 9.65. The van der Waals surface area contributed by atoms with Gasteiger partial charge < -0.3 is 5.32 Å². The quantitative estimate of drug-likeness (QED) is 0.617. The number of benzene rings is 3. The molecule has 0 aromatic heterocycles. The Hall–Kier alpha value is -3.73. The van der Waals surface area contributed by atoms with Crippen LogP contribution in [0.5, 0.6) is 0 Å². The lowest BCUT2D eigenvalue weighted by Gasteiger charge is -2.16. The fourth-order valence-corrected chi connectivity index (χ4v) is 3.50. The Bertz CT molecular complexity index is 1200. The van der Waals surface area contributed by atoms with E-state index >= 15 is 0 Å². The van der Waals surface area contributed by atoms with E-state index in [1.165, 1.54) is 24.3 Å². The number of halogens is 1. The third kappa shape index (κ3) is 3.50. The minimum Gasteiger partial charge on any atom is -0.350 e. The molecule has 3 aromatic rings. The number of anilines is 2. The molecule has 0 aliphatic carbocycles. The van der Waals surface area contributed by atoms with Crippen LogP contribution in [0.4, 0.5) is 15.8 Å². The molecule has 0 spiro atoms. The van der Waals surface area contributed by atoms with Crippen LogP contribution in [0.25, 0.3) is 5.57 Å². The smallest absolute Gasteiger partial charge is 0.282 e. The van der Waals surface area contributed by atoms with Gasteiger partial charge in [0.15, 0.2) is 0 Å². The first-order chi connectivity index (χ1) is 14.3. The summed E-state index contributed by atoms with van der Waals surface area (Å²) in [5.74, 6) is -1.29. The Labute approximate surface area is 174 Å². The molecular weight excluding hydrogens is 379 g/mol. The number of carbonyl (C=O) groups excluding carboxylic acids is 2. The van der Waals surface area contributed by atoms with Crippen molar-refractivity contribution in [1.82, 2.24) is 0 Å². The molecule has 0 saturated heterocycles. The Morgan fingerprint density at radius 3 is 2.20 bits per heavy atom. The maximum Gasteiger partial charge on any atom is 0.282 e. The highest BCUT2D eigenvalue weighted by molar-refractivity contribution is 6.46. The van der Waals surface area contributed by atoms with Crippen molar-refractivity contribution in [3.05, 3.63) is 100 Å². The molecule has 0 atom stereocenters. The number of aryl methyl sites for hydroxylation is 3. The van der Waals surface area contributed by atoms with Crippen LogP contribution in [0.2, 0.25) is 0 Å². The maximum absolute atomic E-state index is 13.5. The van der Waals surface area contributed by atoms with Crippen LogP contribution in [0, 0.1) is 26.6 Å². The second-order valence-corrected chi connectivity index (χ2v) is 7.47. The van der Waals surface area contributed by atoms with Gasteiger partial charge in [-0.3, -0.25) is 9.59 Å². The number of carbonyl (C=O) groups is 2. The van der Waals surface area contributed by atoms with E-state index in [1.807, 2.05) is 45.0 Å². The van der Waals surface area contributed by atoms with Gasteiger partial charge >= 0.3 is 0 Å². The second kappa shape index (κ2) is 7.59. The molecule has 0 radical (unpaired) electrons. The number of nitrogens with one attached hydrogen (secondary N) is 1. The van der Waals surface area contributed by atoms with Gasteiger partial charge in [-0.1, -0.05) is 30.3 Å². The SMILES string of the molecule is Cc1cccc(N2C(=O)C(Nc3ccc(C)c(C)c3)=C(c3ccc(F)cc3)C2=O)c1. The summed E-state index contributed by atoms with van der Waals surface area (Å²) in [5, 5.41) is 3.14. The van der Waals surface area contributed by atoms with Crippen molar-refractivity contribution >= 4 is 28.8 Å². The average Bonchev–Trinajstić information content (AvgIpc) is 2.95. The topological polar surface area (TPSA) is 49.4 Å². The maximum atomic E-state index is 13.5. The van der Waals surface area contributed by atoms with Crippen molar-refractivity contribution in [1.29, 1.82) is 0 Å². The van der Waals surface area contributed by atoms with Gasteiger partial charge in [0.1, 0.15) is 11.5 Å². The highest BCUT2D eigenvalue weighted by Crippen LogP contribution is 2.34. The summed E-state index contributed by atoms with van der Waals surface area (Å²) in [6.07, 6.45) is 0. The summed E-state index contributed by atoms with van der Waals surface area (Å²) in [4.78, 5) is 27.9. The summed E-state index contributed by atoms with van der Waals surface area (Å²) in [7, 11) is 0. The number of imide groups is 1. The molecule has 1 aliphatic rings. The predicted molar refractivity (Wildman–Crippen MR) is 117 cm³/mol. The molecule has 1 N–H and O–H groups in total. The number of rotatable bonds is 4. The first kappa shape index (κ1) is 19.6. The normalized spacial score (nSPS) is 13.9. The number of amides is 2. The highest BCUT2D eigenvalue weighted by atomic mass is 19.1. The summed E-state index contributed by atoms with van der Waals surface area (Å²) in [5.41, 5.74) is 5.22. The molecule has 0 fully saturated rings. The number of nitrogens with zero attached hydrogens (tertiary/aromatic N) is 1. The fourth-order valence-electron chi connectivity index (χ4n) is 3.50. The Morgan fingerprint density at radius 2 is 1.53 bits per heavy atom. The van der Waals surface area contributed by atoms with Gasteiger partial charge in [-0.15, -0.1) is 0 Å². The standard InChI is InChI=1S/C25H21FN2O2/c1-15-5-4-6-21(13-15)28-24(29)22(18-8-10-19(26)11-9-18)23(25(28)30)27-20-12-7-16(2)17(3)14-20/h4-14,27H,1-3H3. The summed E-state index contributed by atoms with van der Waals surface area (Å²) >= 11 is 0. The third-order valence-corrected chi connectivity index (χ3v) is 5.25. The lowest BCUT2D eigenvalue weighted by atomic mass is 10.0. The van der Waals surface area contributed by atoms with Gasteiger partial charge in [0.2, 0.25) is 0 Å². The molecule has 30 heavy (non-hydrogen) atoms. The lowest BCUT2D eigenvalue weighted by molar-refractivity contribution is -0.120. The zero-order valence-electron chi connectivity index (χ0n) is 17.0. The van der Waals surface area contributed by atoms with Crippen LogP contribution in [-0.2, 0) is 9.59 Å². The molecule has 5 heteroatoms. The largest absolute Gasteiger partial charge is 0.350 e. The number of hydrogen-bond acceptors (Lipinski definition) is 3. The fraction of sp³-hybridized carbons (Fsp3) is 0.120. The zero-order chi connectivity index (χ0) is 21.4. The Kier molecular flexibility index (Phi) is 4.96. The van der Waals surface area contributed by atoms with Crippen LogP contribution < -0.4 is 10.2 Å². The molecule has 1 aliphatic heterocycles. The van der Waals surface area contributed by atoms with Gasteiger partial charge in [0.25, 0.3) is 11.8 Å². The van der Waals surface area contributed by atoms with Crippen LogP contribution >= 0.6 is 0 Å². The monoisotopic (exact) mass is 400 g/mol. The van der Waals surface area contributed by atoms with E-state index in [1.54, 1.807) is 18.2 Å². The van der Waals surface area contributed by atoms with E-state index in [2.05, 4.69) is 5.32 Å². The van der Waals surface area contributed by atoms with Gasteiger partial charge in [-0.25, -0.2) is 9.29 Å². The molecule has 3 aromatic carbocycles. The Morgan fingerprint density at radius 1 is 0.800 bits per heavy atom. The van der Waals surface area contributed by atoms with E-state index in [0.717, 1.165) is 21.6 Å². The minimum absolute atomic E-state index is 0.177. The van der Waals surface area contributed by atoms with Crippen molar-refractivity contribution in [3.63, 3.8) is 0 Å². The van der Waals surface area contributed by atoms with Gasteiger partial charge in [-0.05, 0) is 79.4 Å².